The molecule has 19 heavy (non-hydrogen) atoms. The lowest BCUT2D eigenvalue weighted by atomic mass is 10.2. The topological polar surface area (TPSA) is 29.5 Å². The predicted molar refractivity (Wildman–Crippen MR) is 81.1 cm³/mol. The van der Waals surface area contributed by atoms with Gasteiger partial charge in [0.25, 0.3) is 5.91 Å². The summed E-state index contributed by atoms with van der Waals surface area (Å²) in [5.74, 6) is -0.599. The van der Waals surface area contributed by atoms with Gasteiger partial charge in [0.1, 0.15) is 5.75 Å². The molecular formula is C12H19F2NO2P2. The maximum absolute atomic E-state index is 12.3. The van der Waals surface area contributed by atoms with Gasteiger partial charge in [-0.1, -0.05) is 6.07 Å². The van der Waals surface area contributed by atoms with Crippen LogP contribution >= 0.6 is 18.0 Å². The van der Waals surface area contributed by atoms with Gasteiger partial charge in [-0.15, -0.1) is 0 Å². The first-order valence-corrected chi connectivity index (χ1v) is 7.50. The summed E-state index contributed by atoms with van der Waals surface area (Å²) < 4.78 is 30.3. The Morgan fingerprint density at radius 1 is 1.37 bits per heavy atom. The number of hydrogen-bond acceptors (Lipinski definition) is 2. The number of carbonyl (C=O) groups is 1. The van der Waals surface area contributed by atoms with E-state index in [1.807, 2.05) is 20.3 Å². The number of amides is 1. The molecule has 1 aromatic carbocycles. The Balaban J connectivity index is 0.00000324. The molecule has 0 saturated heterocycles. The van der Waals surface area contributed by atoms with E-state index in [2.05, 4.69) is 0 Å². The first-order valence-electron chi connectivity index (χ1n) is 5.34. The van der Waals surface area contributed by atoms with Gasteiger partial charge < -0.3 is 9.42 Å². The number of carbonyl (C=O) groups excluding carboxylic acids is 1. The van der Waals surface area contributed by atoms with Crippen LogP contribution in [-0.2, 0) is 4.79 Å². The molecular weight excluding hydrogens is 290 g/mol. The lowest BCUT2D eigenvalue weighted by Gasteiger charge is -2.19. The Hall–Kier alpha value is -0.790. The van der Waals surface area contributed by atoms with Crippen molar-refractivity contribution in [1.29, 1.82) is 0 Å². The van der Waals surface area contributed by atoms with E-state index in [9.17, 15) is 13.6 Å². The van der Waals surface area contributed by atoms with Crippen molar-refractivity contribution in [3.8, 4) is 5.75 Å². The van der Waals surface area contributed by atoms with Crippen LogP contribution in [0.3, 0.4) is 0 Å². The molecule has 0 fully saturated rings. The molecule has 1 unspecified atom stereocenters. The van der Waals surface area contributed by atoms with Crippen LogP contribution in [0, 0.1) is 6.92 Å². The molecule has 0 bridgehead atoms. The zero-order valence-electron chi connectivity index (χ0n) is 11.5. The maximum Gasteiger partial charge on any atom is 0.316 e. The van der Waals surface area contributed by atoms with E-state index < -0.39 is 20.5 Å². The molecule has 0 aliphatic rings. The van der Waals surface area contributed by atoms with Gasteiger partial charge in [-0.25, -0.2) is 0 Å². The summed E-state index contributed by atoms with van der Waals surface area (Å²) >= 11 is 0. The van der Waals surface area contributed by atoms with Gasteiger partial charge >= 0.3 is 6.43 Å². The van der Waals surface area contributed by atoms with Gasteiger partial charge in [-0.2, -0.15) is 18.7 Å². The van der Waals surface area contributed by atoms with Crippen molar-refractivity contribution in [3.63, 3.8) is 0 Å². The fraction of sp³-hybridized carbons (Fsp3) is 0.417. The highest BCUT2D eigenvalue weighted by Crippen LogP contribution is 2.34. The number of halogens is 2. The van der Waals surface area contributed by atoms with E-state index >= 15 is 0 Å². The molecule has 0 aromatic heterocycles. The highest BCUT2D eigenvalue weighted by atomic mass is 31.1. The van der Waals surface area contributed by atoms with Crippen LogP contribution < -0.4 is 9.42 Å². The molecule has 108 valence electrons. The third kappa shape index (κ3) is 5.00. The molecule has 0 aliphatic heterocycles. The van der Waals surface area contributed by atoms with Crippen LogP contribution in [0.1, 0.15) is 5.56 Å². The maximum atomic E-state index is 12.3. The lowest BCUT2D eigenvalue weighted by Crippen LogP contribution is -2.31. The molecule has 7 heteroatoms. The average molecular weight is 309 g/mol. The van der Waals surface area contributed by atoms with Crippen molar-refractivity contribution >= 4 is 29.6 Å². The minimum Gasteiger partial charge on any atom is -0.474 e. The molecule has 0 saturated carbocycles. The second-order valence-corrected chi connectivity index (χ2v) is 5.86. The molecule has 1 atom stereocenters. The lowest BCUT2D eigenvalue weighted by molar-refractivity contribution is -0.128. The van der Waals surface area contributed by atoms with Crippen LogP contribution in [0.2, 0.25) is 0 Å². The van der Waals surface area contributed by atoms with E-state index in [0.29, 0.717) is 11.4 Å². The van der Waals surface area contributed by atoms with Gasteiger partial charge in [0.15, 0.2) is 0 Å². The summed E-state index contributed by atoms with van der Waals surface area (Å²) in [4.78, 5) is 12.1. The highest BCUT2D eigenvalue weighted by Gasteiger charge is 2.21. The predicted octanol–water partition coefficient (Wildman–Crippen LogP) is 3.32. The van der Waals surface area contributed by atoms with Crippen molar-refractivity contribution in [3.05, 3.63) is 23.8 Å². The number of rotatable bonds is 4. The molecule has 0 radical (unpaired) electrons. The van der Waals surface area contributed by atoms with Crippen molar-refractivity contribution in [2.24, 2.45) is 0 Å². The Labute approximate surface area is 116 Å². The number of nitrogens with zero attached hydrogens (tertiary/aromatic N) is 1. The van der Waals surface area contributed by atoms with Crippen molar-refractivity contribution in [2.45, 2.75) is 13.3 Å². The summed E-state index contributed by atoms with van der Waals surface area (Å²) in [6.45, 7) is 5.75. The van der Waals surface area contributed by atoms with Crippen LogP contribution in [0.4, 0.5) is 14.5 Å². The summed E-state index contributed by atoms with van der Waals surface area (Å²) in [7, 11) is 0.719. The first kappa shape index (κ1) is 18.2. The molecule has 0 N–H and O–H groups in total. The molecule has 1 amide bonds. The number of aryl methyl sites for hydroxylation is 1. The summed E-state index contributed by atoms with van der Waals surface area (Å²) in [6, 6.07) is 4.98. The fourth-order valence-corrected chi connectivity index (χ4v) is 1.96. The largest absolute Gasteiger partial charge is 0.474 e. The van der Waals surface area contributed by atoms with Crippen LogP contribution in [0.15, 0.2) is 18.2 Å². The van der Waals surface area contributed by atoms with Gasteiger partial charge in [0.05, 0.1) is 8.15 Å². The van der Waals surface area contributed by atoms with Gasteiger partial charge in [0.2, 0.25) is 0 Å². The zero-order chi connectivity index (χ0) is 13.9. The molecule has 1 rings (SSSR count). The Kier molecular flexibility index (Phi) is 7.39. The highest BCUT2D eigenvalue weighted by molar-refractivity contribution is 7.51. The minimum atomic E-state index is -3.00. The van der Waals surface area contributed by atoms with Gasteiger partial charge in [0, 0.05) is 18.8 Å². The fourth-order valence-electron chi connectivity index (χ4n) is 1.37. The SMILES string of the molecule is Cc1ccc(N(C)C(=O)C(F)F)cc1OP(C)C.P. The molecule has 0 spiro atoms. The molecule has 0 heterocycles. The second kappa shape index (κ2) is 7.72. The van der Waals surface area contributed by atoms with Crippen LogP contribution in [-0.4, -0.2) is 32.7 Å². The quantitative estimate of drug-likeness (QED) is 0.799. The molecule has 0 aliphatic carbocycles. The third-order valence-electron chi connectivity index (χ3n) is 2.36. The first-order chi connectivity index (χ1) is 8.32. The van der Waals surface area contributed by atoms with E-state index in [-0.39, 0.29) is 9.90 Å². The number of benzene rings is 1. The third-order valence-corrected chi connectivity index (χ3v) is 2.92. The summed E-state index contributed by atoms with van der Waals surface area (Å²) in [5.41, 5.74) is 1.31. The molecule has 1 aromatic rings. The van der Waals surface area contributed by atoms with Crippen molar-refractivity contribution < 1.29 is 18.1 Å². The van der Waals surface area contributed by atoms with E-state index in [1.54, 1.807) is 18.2 Å². The van der Waals surface area contributed by atoms with E-state index in [1.165, 1.54) is 7.05 Å². The summed E-state index contributed by atoms with van der Waals surface area (Å²) in [5, 5.41) is 0. The van der Waals surface area contributed by atoms with Gasteiger partial charge in [-0.3, -0.25) is 4.79 Å². The van der Waals surface area contributed by atoms with Gasteiger partial charge in [-0.05, 0) is 31.9 Å². The standard InChI is InChI=1S/C12H16F2NO2P.H3P/c1-8-5-6-9(7-10(8)17-18(3)4)15(2)12(16)11(13)14;/h5-7,11H,1-4H3;1H3. The zero-order valence-corrected chi connectivity index (χ0v) is 13.8. The van der Waals surface area contributed by atoms with Crippen molar-refractivity contribution in [1.82, 2.24) is 0 Å². The van der Waals surface area contributed by atoms with Crippen molar-refractivity contribution in [2.75, 3.05) is 25.3 Å². The normalized spacial score (nSPS) is 10.3. The van der Waals surface area contributed by atoms with Crippen LogP contribution in [0.25, 0.3) is 0 Å². The minimum absolute atomic E-state index is 0. The number of anilines is 1. The Morgan fingerprint density at radius 3 is 2.42 bits per heavy atom. The van der Waals surface area contributed by atoms with E-state index in [4.69, 9.17) is 4.52 Å². The number of hydrogen-bond donors (Lipinski definition) is 0. The molecule has 3 nitrogen and oxygen atoms in total. The second-order valence-electron chi connectivity index (χ2n) is 4.05. The smallest absolute Gasteiger partial charge is 0.316 e. The van der Waals surface area contributed by atoms with Crippen LogP contribution in [0.5, 0.6) is 5.75 Å². The van der Waals surface area contributed by atoms with E-state index in [0.717, 1.165) is 10.5 Å². The average Bonchev–Trinajstić information content (AvgIpc) is 2.29. The number of alkyl halides is 2. The Morgan fingerprint density at radius 2 is 1.95 bits per heavy atom. The Bertz CT molecular complexity index is 442. The monoisotopic (exact) mass is 309 g/mol. The summed E-state index contributed by atoms with van der Waals surface area (Å²) in [6.07, 6.45) is -3.00.